The topological polar surface area (TPSA) is 151 Å². The van der Waals surface area contributed by atoms with Gasteiger partial charge in [-0.25, -0.2) is 4.79 Å². The Morgan fingerprint density at radius 1 is 1.45 bits per heavy atom. The lowest BCUT2D eigenvalue weighted by atomic mass is 9.98. The number of hydrogen-bond donors (Lipinski definition) is 5. The van der Waals surface area contributed by atoms with Crippen LogP contribution in [0.5, 0.6) is 0 Å². The molecule has 0 unspecified atom stereocenters. The number of ether oxygens (including phenoxy) is 1. The molecule has 9 nitrogen and oxygen atoms in total. The number of aliphatic hydroxyl groups excluding tert-OH is 1. The summed E-state index contributed by atoms with van der Waals surface area (Å²) in [7, 11) is 0. The minimum atomic E-state index is -1.36. The largest absolute Gasteiger partial charge is 0.475 e. The lowest BCUT2D eigenvalue weighted by Crippen LogP contribution is -2.61. The number of aliphatic carboxylic acids is 1. The zero-order valence-electron chi connectivity index (χ0n) is 10.8. The van der Waals surface area contributed by atoms with Crippen molar-refractivity contribution < 1.29 is 29.3 Å². The van der Waals surface area contributed by atoms with E-state index in [9.17, 15) is 14.4 Å². The summed E-state index contributed by atoms with van der Waals surface area (Å²) in [6, 6.07) is -1.78. The third kappa shape index (κ3) is 3.93. The zero-order chi connectivity index (χ0) is 15.3. The summed E-state index contributed by atoms with van der Waals surface area (Å²) in [5.74, 6) is -2.91. The minimum Gasteiger partial charge on any atom is -0.475 e. The molecule has 0 spiro atoms. The molecule has 0 bridgehead atoms. The van der Waals surface area contributed by atoms with Crippen molar-refractivity contribution >= 4 is 17.8 Å². The molecule has 0 saturated carbocycles. The van der Waals surface area contributed by atoms with Crippen LogP contribution in [0.4, 0.5) is 0 Å². The van der Waals surface area contributed by atoms with Gasteiger partial charge in [0.1, 0.15) is 0 Å². The van der Waals surface area contributed by atoms with Gasteiger partial charge in [-0.05, 0) is 6.08 Å². The second-order valence-electron chi connectivity index (χ2n) is 4.19. The Hall–Kier alpha value is -2.13. The van der Waals surface area contributed by atoms with Crippen LogP contribution in [0.15, 0.2) is 11.8 Å². The summed E-state index contributed by atoms with van der Waals surface area (Å²) in [5.41, 5.74) is 5.75. The average Bonchev–Trinajstić information content (AvgIpc) is 2.37. The number of carboxylic acids is 1. The number of hydrogen-bond acceptors (Lipinski definition) is 6. The van der Waals surface area contributed by atoms with Crippen molar-refractivity contribution in [3.05, 3.63) is 11.8 Å². The summed E-state index contributed by atoms with van der Waals surface area (Å²) in [4.78, 5) is 33.9. The molecule has 1 aliphatic rings. The van der Waals surface area contributed by atoms with E-state index in [0.717, 1.165) is 6.08 Å². The van der Waals surface area contributed by atoms with Crippen molar-refractivity contribution in [3.8, 4) is 0 Å². The number of nitrogens with two attached hydrogens (primary N) is 1. The van der Waals surface area contributed by atoms with Gasteiger partial charge in [0.15, 0.2) is 6.10 Å². The Bertz CT molecular complexity index is 436. The van der Waals surface area contributed by atoms with E-state index < -0.39 is 41.7 Å². The van der Waals surface area contributed by atoms with Gasteiger partial charge < -0.3 is 31.3 Å². The normalized spacial score (nSPS) is 25.1. The van der Waals surface area contributed by atoms with Crippen LogP contribution in [-0.4, -0.2) is 59.3 Å². The first-order valence-electron chi connectivity index (χ1n) is 5.89. The summed E-state index contributed by atoms with van der Waals surface area (Å²) < 4.78 is 5.06. The maximum atomic E-state index is 11.9. The van der Waals surface area contributed by atoms with E-state index in [4.69, 9.17) is 20.7 Å². The first kappa shape index (κ1) is 15.9. The molecule has 6 N–H and O–H groups in total. The second kappa shape index (κ2) is 6.87. The maximum Gasteiger partial charge on any atom is 0.370 e. The van der Waals surface area contributed by atoms with Gasteiger partial charge in [0.05, 0.1) is 18.7 Å². The third-order valence-electron chi connectivity index (χ3n) is 2.59. The highest BCUT2D eigenvalue weighted by Crippen LogP contribution is 2.18. The molecule has 0 aromatic heterocycles. The van der Waals surface area contributed by atoms with Crippen LogP contribution in [-0.2, 0) is 19.1 Å². The van der Waals surface area contributed by atoms with Gasteiger partial charge in [-0.2, -0.15) is 0 Å². The van der Waals surface area contributed by atoms with Crippen molar-refractivity contribution in [2.24, 2.45) is 5.73 Å². The first-order valence-corrected chi connectivity index (χ1v) is 5.89. The van der Waals surface area contributed by atoms with Crippen LogP contribution in [0.3, 0.4) is 0 Å². The van der Waals surface area contributed by atoms with Gasteiger partial charge in [-0.15, -0.1) is 0 Å². The Kier molecular flexibility index (Phi) is 5.47. The molecule has 1 rings (SSSR count). The molecule has 20 heavy (non-hydrogen) atoms. The van der Waals surface area contributed by atoms with E-state index in [0.29, 0.717) is 0 Å². The SMILES string of the molecule is CC(=O)N[C@@H]1[C@@H](N)C=C(C(=O)O)O[C@H]1C(=O)NCCO. The van der Waals surface area contributed by atoms with Crippen LogP contribution in [0, 0.1) is 0 Å². The maximum absolute atomic E-state index is 11.9. The van der Waals surface area contributed by atoms with Gasteiger partial charge in [-0.3, -0.25) is 9.59 Å². The van der Waals surface area contributed by atoms with Crippen LogP contribution in [0.2, 0.25) is 0 Å². The first-order chi connectivity index (χ1) is 9.36. The molecule has 0 radical (unpaired) electrons. The standard InChI is InChI=1S/C11H17N3O6/c1-5(16)14-8-6(12)4-7(11(18)19)20-9(8)10(17)13-2-3-15/h4,6,8-9,15H,2-3,12H2,1H3,(H,13,17)(H,14,16)(H,18,19)/t6-,8+,9+/m0/s1. The Morgan fingerprint density at radius 2 is 2.10 bits per heavy atom. The number of carbonyl (C=O) groups excluding carboxylic acids is 2. The van der Waals surface area contributed by atoms with Gasteiger partial charge in [0, 0.05) is 13.5 Å². The number of carbonyl (C=O) groups is 3. The average molecular weight is 287 g/mol. The Morgan fingerprint density at radius 3 is 2.60 bits per heavy atom. The molecule has 1 heterocycles. The molecule has 0 aromatic carbocycles. The molecule has 1 aliphatic heterocycles. The lowest BCUT2D eigenvalue weighted by Gasteiger charge is -2.34. The highest BCUT2D eigenvalue weighted by atomic mass is 16.5. The highest BCUT2D eigenvalue weighted by Gasteiger charge is 2.40. The van der Waals surface area contributed by atoms with E-state index in [1.807, 2.05) is 0 Å². The predicted octanol–water partition coefficient (Wildman–Crippen LogP) is -2.71. The quantitative estimate of drug-likeness (QED) is 0.369. The van der Waals surface area contributed by atoms with Crippen LogP contribution < -0.4 is 16.4 Å². The molecule has 9 heteroatoms. The molecule has 0 saturated heterocycles. The Labute approximate surface area is 114 Å². The molecule has 0 aromatic rings. The monoisotopic (exact) mass is 287 g/mol. The molecule has 0 fully saturated rings. The number of carboxylic acid groups (broad SMARTS) is 1. The second-order valence-corrected chi connectivity index (χ2v) is 4.19. The van der Waals surface area contributed by atoms with E-state index in [1.54, 1.807) is 0 Å². The van der Waals surface area contributed by atoms with Gasteiger partial charge in [-0.1, -0.05) is 0 Å². The van der Waals surface area contributed by atoms with Crippen molar-refractivity contribution in [2.75, 3.05) is 13.2 Å². The summed E-state index contributed by atoms with van der Waals surface area (Å²) in [6.45, 7) is 0.940. The third-order valence-corrected chi connectivity index (χ3v) is 2.59. The van der Waals surface area contributed by atoms with Crippen molar-refractivity contribution in [1.82, 2.24) is 10.6 Å². The number of nitrogens with one attached hydrogen (secondary N) is 2. The number of rotatable bonds is 5. The van der Waals surface area contributed by atoms with E-state index in [-0.39, 0.29) is 13.2 Å². The van der Waals surface area contributed by atoms with E-state index in [1.165, 1.54) is 6.92 Å². The number of amides is 2. The van der Waals surface area contributed by atoms with E-state index in [2.05, 4.69) is 10.6 Å². The van der Waals surface area contributed by atoms with Crippen molar-refractivity contribution in [3.63, 3.8) is 0 Å². The minimum absolute atomic E-state index is 0.0210. The van der Waals surface area contributed by atoms with Crippen molar-refractivity contribution in [1.29, 1.82) is 0 Å². The summed E-state index contributed by atoms with van der Waals surface area (Å²) in [6.07, 6.45) is -0.157. The van der Waals surface area contributed by atoms with E-state index >= 15 is 0 Å². The molecule has 3 atom stereocenters. The molecule has 2 amide bonds. The zero-order valence-corrected chi connectivity index (χ0v) is 10.8. The molecule has 112 valence electrons. The van der Waals surface area contributed by atoms with Crippen LogP contribution >= 0.6 is 0 Å². The Balaban J connectivity index is 2.95. The van der Waals surface area contributed by atoms with Gasteiger partial charge in [0.2, 0.25) is 11.7 Å². The predicted molar refractivity (Wildman–Crippen MR) is 66.3 cm³/mol. The van der Waals surface area contributed by atoms with Gasteiger partial charge in [0.25, 0.3) is 5.91 Å². The fourth-order valence-electron chi connectivity index (χ4n) is 1.75. The molecular weight excluding hydrogens is 270 g/mol. The highest BCUT2D eigenvalue weighted by molar-refractivity contribution is 5.88. The summed E-state index contributed by atoms with van der Waals surface area (Å²) in [5, 5.41) is 22.3. The van der Waals surface area contributed by atoms with Crippen LogP contribution in [0.1, 0.15) is 6.92 Å². The van der Waals surface area contributed by atoms with Crippen molar-refractivity contribution in [2.45, 2.75) is 25.1 Å². The molecular formula is C11H17N3O6. The smallest absolute Gasteiger partial charge is 0.370 e. The van der Waals surface area contributed by atoms with Crippen LogP contribution in [0.25, 0.3) is 0 Å². The van der Waals surface area contributed by atoms with Gasteiger partial charge >= 0.3 is 5.97 Å². The molecule has 0 aliphatic carbocycles. The fraction of sp³-hybridized carbons (Fsp3) is 0.545. The summed E-state index contributed by atoms with van der Waals surface area (Å²) >= 11 is 0. The fourth-order valence-corrected chi connectivity index (χ4v) is 1.75. The lowest BCUT2D eigenvalue weighted by molar-refractivity contribution is -0.143. The number of aliphatic hydroxyl groups is 1.